The first-order valence-electron chi connectivity index (χ1n) is 13.0. The Balaban J connectivity index is 0.000000360. The zero-order chi connectivity index (χ0) is 27.7. The summed E-state index contributed by atoms with van der Waals surface area (Å²) >= 11 is 0. The van der Waals surface area contributed by atoms with Crippen molar-refractivity contribution in [1.82, 2.24) is 10.2 Å². The molecule has 0 unspecified atom stereocenters. The molecular formula is C26H46N2O8. The molecule has 2 rings (SSSR count). The van der Waals surface area contributed by atoms with Crippen LogP contribution in [0.2, 0.25) is 0 Å². The lowest BCUT2D eigenvalue weighted by molar-refractivity contribution is -0.143. The molecule has 2 aliphatic carbocycles. The van der Waals surface area contributed by atoms with E-state index in [4.69, 9.17) is 19.7 Å². The van der Waals surface area contributed by atoms with Gasteiger partial charge in [-0.2, -0.15) is 0 Å². The Morgan fingerprint density at radius 3 is 1.72 bits per heavy atom. The van der Waals surface area contributed by atoms with E-state index in [1.54, 1.807) is 41.5 Å². The van der Waals surface area contributed by atoms with Crippen LogP contribution >= 0.6 is 0 Å². The van der Waals surface area contributed by atoms with E-state index in [1.165, 1.54) is 11.8 Å². The minimum Gasteiger partial charge on any atom is -0.480 e. The number of carboxylic acid groups (broad SMARTS) is 2. The molecule has 0 heterocycles. The molecule has 10 nitrogen and oxygen atoms in total. The number of rotatable bonds is 7. The summed E-state index contributed by atoms with van der Waals surface area (Å²) in [5.41, 5.74) is -1.22. The quantitative estimate of drug-likeness (QED) is 0.421. The van der Waals surface area contributed by atoms with Gasteiger partial charge in [0.2, 0.25) is 0 Å². The van der Waals surface area contributed by atoms with Gasteiger partial charge in [0.15, 0.2) is 0 Å². The molecule has 0 aromatic carbocycles. The summed E-state index contributed by atoms with van der Waals surface area (Å²) in [6.07, 6.45) is 7.53. The number of nitrogens with one attached hydrogen (secondary N) is 1. The van der Waals surface area contributed by atoms with Crippen LogP contribution in [-0.4, -0.2) is 68.6 Å². The van der Waals surface area contributed by atoms with Gasteiger partial charge in [0.25, 0.3) is 0 Å². The number of carbonyl (C=O) groups is 4. The third-order valence-corrected chi connectivity index (χ3v) is 6.13. The van der Waals surface area contributed by atoms with Crippen LogP contribution in [-0.2, 0) is 19.1 Å². The summed E-state index contributed by atoms with van der Waals surface area (Å²) in [6.45, 7) is 12.1. The van der Waals surface area contributed by atoms with Crippen molar-refractivity contribution in [3.63, 3.8) is 0 Å². The van der Waals surface area contributed by atoms with Crippen molar-refractivity contribution in [2.75, 3.05) is 0 Å². The fourth-order valence-corrected chi connectivity index (χ4v) is 4.49. The molecule has 2 amide bonds. The van der Waals surface area contributed by atoms with Crippen molar-refractivity contribution in [3.8, 4) is 0 Å². The highest BCUT2D eigenvalue weighted by atomic mass is 16.6. The predicted octanol–water partition coefficient (Wildman–Crippen LogP) is 5.18. The van der Waals surface area contributed by atoms with Crippen LogP contribution in [0.25, 0.3) is 0 Å². The number of carboxylic acids is 2. The van der Waals surface area contributed by atoms with E-state index in [-0.39, 0.29) is 6.04 Å². The highest BCUT2D eigenvalue weighted by molar-refractivity contribution is 5.80. The van der Waals surface area contributed by atoms with Crippen LogP contribution in [0.4, 0.5) is 9.59 Å². The van der Waals surface area contributed by atoms with Crippen LogP contribution in [0.15, 0.2) is 0 Å². The van der Waals surface area contributed by atoms with E-state index >= 15 is 0 Å². The average molecular weight is 515 g/mol. The molecule has 0 spiro atoms. The zero-order valence-electron chi connectivity index (χ0n) is 23.0. The summed E-state index contributed by atoms with van der Waals surface area (Å²) in [4.78, 5) is 47.3. The van der Waals surface area contributed by atoms with Crippen LogP contribution in [0, 0.1) is 5.92 Å². The van der Waals surface area contributed by atoms with Gasteiger partial charge in [-0.3, -0.25) is 4.90 Å². The van der Waals surface area contributed by atoms with Gasteiger partial charge in [0.1, 0.15) is 23.3 Å². The molecule has 2 saturated carbocycles. The van der Waals surface area contributed by atoms with E-state index in [9.17, 15) is 19.2 Å². The number of alkyl carbamates (subject to hydrolysis) is 1. The lowest BCUT2D eigenvalue weighted by atomic mass is 9.98. The number of hydrogen-bond donors (Lipinski definition) is 3. The number of carbonyl (C=O) groups excluding carboxylic acids is 2. The summed E-state index contributed by atoms with van der Waals surface area (Å²) in [7, 11) is 0. The van der Waals surface area contributed by atoms with Gasteiger partial charge in [0.05, 0.1) is 0 Å². The second-order valence-electron chi connectivity index (χ2n) is 11.8. The van der Waals surface area contributed by atoms with E-state index in [0.717, 1.165) is 51.4 Å². The van der Waals surface area contributed by atoms with E-state index < -0.39 is 47.4 Å². The van der Waals surface area contributed by atoms with E-state index in [2.05, 4.69) is 5.32 Å². The minimum absolute atomic E-state index is 0.00838. The van der Waals surface area contributed by atoms with Crippen molar-refractivity contribution in [1.29, 1.82) is 0 Å². The van der Waals surface area contributed by atoms with Gasteiger partial charge in [-0.25, -0.2) is 19.2 Å². The van der Waals surface area contributed by atoms with Gasteiger partial charge in [-0.1, -0.05) is 38.5 Å². The Morgan fingerprint density at radius 1 is 0.833 bits per heavy atom. The van der Waals surface area contributed by atoms with Gasteiger partial charge in [-0.05, 0) is 73.6 Å². The van der Waals surface area contributed by atoms with Crippen molar-refractivity contribution < 1.29 is 38.9 Å². The summed E-state index contributed by atoms with van der Waals surface area (Å²) in [5.74, 6) is -1.58. The largest absolute Gasteiger partial charge is 0.480 e. The maximum atomic E-state index is 12.1. The van der Waals surface area contributed by atoms with E-state index in [0.29, 0.717) is 12.3 Å². The molecule has 0 bridgehead atoms. The Hall–Kier alpha value is -2.52. The lowest BCUT2D eigenvalue weighted by Gasteiger charge is -2.34. The first-order chi connectivity index (χ1) is 16.5. The standard InChI is InChI=1S/2C13H23NO4/c1-9(11(15)16)14(10-7-5-6-8-10)12(17)18-13(2,3)4;1-13(2,3)18-12(17)14-10(11(15)16)8-9-6-4-5-7-9/h9-10H,5-8H2,1-4H3,(H,15,16);9-10H,4-8H2,1-3H3,(H,14,17)(H,15,16)/t9-;10-/m00/s1. The number of nitrogens with zero attached hydrogens (tertiary/aromatic N) is 1. The minimum atomic E-state index is -0.993. The van der Waals surface area contributed by atoms with Crippen LogP contribution in [0.5, 0.6) is 0 Å². The molecule has 3 N–H and O–H groups in total. The first-order valence-corrected chi connectivity index (χ1v) is 13.0. The third-order valence-electron chi connectivity index (χ3n) is 6.13. The molecule has 2 fully saturated rings. The molecule has 0 radical (unpaired) electrons. The number of hydrogen-bond acceptors (Lipinski definition) is 6. The molecule has 208 valence electrons. The van der Waals surface area contributed by atoms with Crippen molar-refractivity contribution >= 4 is 24.1 Å². The topological polar surface area (TPSA) is 142 Å². The average Bonchev–Trinajstić information content (AvgIpc) is 3.39. The second kappa shape index (κ2) is 13.7. The Labute approximate surface area is 215 Å². The maximum Gasteiger partial charge on any atom is 0.411 e. The van der Waals surface area contributed by atoms with Crippen molar-refractivity contribution in [3.05, 3.63) is 0 Å². The summed E-state index contributed by atoms with van der Waals surface area (Å²) in [5, 5.41) is 20.7. The highest BCUT2D eigenvalue weighted by Gasteiger charge is 2.36. The van der Waals surface area contributed by atoms with Gasteiger partial charge >= 0.3 is 24.1 Å². The van der Waals surface area contributed by atoms with Gasteiger partial charge in [0, 0.05) is 6.04 Å². The fourth-order valence-electron chi connectivity index (χ4n) is 4.49. The second-order valence-corrected chi connectivity index (χ2v) is 11.8. The van der Waals surface area contributed by atoms with Crippen LogP contribution < -0.4 is 5.32 Å². The SMILES string of the molecule is CC(C)(C)OC(=O)N[C@@H](CC1CCCC1)C(=O)O.C[C@@H](C(=O)O)N(C(=O)OC(C)(C)C)C1CCCC1. The van der Waals surface area contributed by atoms with Crippen LogP contribution in [0.3, 0.4) is 0 Å². The molecule has 0 aliphatic heterocycles. The molecular weight excluding hydrogens is 468 g/mol. The Kier molecular flexibility index (Phi) is 12.0. The lowest BCUT2D eigenvalue weighted by Crippen LogP contribution is -2.50. The fraction of sp³-hybridized carbons (Fsp3) is 0.846. The monoisotopic (exact) mass is 514 g/mol. The van der Waals surface area contributed by atoms with Gasteiger partial charge in [-0.15, -0.1) is 0 Å². The number of aliphatic carboxylic acids is 2. The maximum absolute atomic E-state index is 12.1. The van der Waals surface area contributed by atoms with Crippen LogP contribution in [0.1, 0.15) is 106 Å². The van der Waals surface area contributed by atoms with E-state index in [1.807, 2.05) is 0 Å². The van der Waals surface area contributed by atoms with Gasteiger partial charge < -0.3 is 25.0 Å². The molecule has 2 atom stereocenters. The molecule has 10 heteroatoms. The van der Waals surface area contributed by atoms with Crippen molar-refractivity contribution in [2.24, 2.45) is 5.92 Å². The number of amides is 2. The highest BCUT2D eigenvalue weighted by Crippen LogP contribution is 2.29. The molecule has 2 aliphatic rings. The molecule has 0 aromatic rings. The van der Waals surface area contributed by atoms with Crippen molar-refractivity contribution in [2.45, 2.75) is 136 Å². The molecule has 0 saturated heterocycles. The first kappa shape index (κ1) is 31.5. The Morgan fingerprint density at radius 2 is 1.31 bits per heavy atom. The molecule has 36 heavy (non-hydrogen) atoms. The summed E-state index contributed by atoms with van der Waals surface area (Å²) < 4.78 is 10.4. The smallest absolute Gasteiger partial charge is 0.411 e. The number of ether oxygens (including phenoxy) is 2. The third kappa shape index (κ3) is 11.9. The predicted molar refractivity (Wildman–Crippen MR) is 135 cm³/mol. The summed E-state index contributed by atoms with van der Waals surface area (Å²) in [6, 6.07) is -1.70. The molecule has 0 aromatic heterocycles. The Bertz CT molecular complexity index is 732. The normalized spacial score (nSPS) is 18.4. The zero-order valence-corrected chi connectivity index (χ0v) is 23.0.